The zero-order valence-electron chi connectivity index (χ0n) is 15.9. The van der Waals surface area contributed by atoms with Crippen LogP contribution in [-0.2, 0) is 4.79 Å². The van der Waals surface area contributed by atoms with E-state index < -0.39 is 22.4 Å². The molecule has 0 bridgehead atoms. The Labute approximate surface area is 189 Å². The summed E-state index contributed by atoms with van der Waals surface area (Å²) < 4.78 is 10.7. The summed E-state index contributed by atoms with van der Waals surface area (Å²) in [5.41, 5.74) is 2.11. The summed E-state index contributed by atoms with van der Waals surface area (Å²) in [5.74, 6) is -0.176. The quantitative estimate of drug-likeness (QED) is 0.282. The average Bonchev–Trinajstić information content (AvgIpc) is 3.21. The lowest BCUT2D eigenvalue weighted by atomic mass is 10.1. The molecule has 0 aliphatic heterocycles. The van der Waals surface area contributed by atoms with Crippen molar-refractivity contribution in [3.8, 4) is 17.1 Å². The number of nitrogens with zero attached hydrogens (tertiary/aromatic N) is 3. The number of ether oxygens (including phenoxy) is 1. The lowest BCUT2D eigenvalue weighted by Crippen LogP contribution is -2.24. The summed E-state index contributed by atoms with van der Waals surface area (Å²) in [6.45, 7) is -0.526. The van der Waals surface area contributed by atoms with Crippen LogP contribution in [0.5, 0.6) is 5.75 Å². The van der Waals surface area contributed by atoms with Crippen molar-refractivity contribution in [1.29, 1.82) is 0 Å². The van der Waals surface area contributed by atoms with Gasteiger partial charge < -0.3 is 9.15 Å². The Morgan fingerprint density at radius 3 is 2.56 bits per heavy atom. The summed E-state index contributed by atoms with van der Waals surface area (Å²) in [6, 6.07) is 10.9. The highest BCUT2D eigenvalue weighted by Gasteiger charge is 2.17. The first-order valence-corrected chi connectivity index (χ1v) is 9.43. The summed E-state index contributed by atoms with van der Waals surface area (Å²) in [6.07, 6.45) is 1.21. The van der Waals surface area contributed by atoms with Crippen molar-refractivity contribution < 1.29 is 23.8 Å². The van der Waals surface area contributed by atoms with Crippen LogP contribution in [0, 0.1) is 20.2 Å². The molecule has 164 valence electrons. The Balaban J connectivity index is 1.58. The minimum atomic E-state index is -0.678. The number of nitrogens with one attached hydrogen (secondary N) is 1. The van der Waals surface area contributed by atoms with E-state index in [1.54, 1.807) is 12.1 Å². The maximum absolute atomic E-state index is 11.9. The number of hydrogen-bond donors (Lipinski definition) is 1. The number of nitro benzene ring substituents is 2. The zero-order chi connectivity index (χ0) is 23.3. The maximum Gasteiger partial charge on any atom is 0.312 e. The fourth-order valence-corrected chi connectivity index (χ4v) is 2.92. The van der Waals surface area contributed by atoms with Gasteiger partial charge in [0, 0.05) is 28.8 Å². The van der Waals surface area contributed by atoms with Crippen molar-refractivity contribution in [1.82, 2.24) is 5.43 Å². The number of amides is 1. The topological polar surface area (TPSA) is 150 Å². The van der Waals surface area contributed by atoms with E-state index >= 15 is 0 Å². The number of nitro groups is 2. The third kappa shape index (κ3) is 5.59. The van der Waals surface area contributed by atoms with Gasteiger partial charge in [-0.3, -0.25) is 25.0 Å². The monoisotopic (exact) mass is 478 g/mol. The molecule has 0 spiro atoms. The third-order valence-corrected chi connectivity index (χ3v) is 4.46. The number of halogens is 2. The van der Waals surface area contributed by atoms with E-state index in [0.29, 0.717) is 11.3 Å². The number of rotatable bonds is 8. The first-order chi connectivity index (χ1) is 15.2. The summed E-state index contributed by atoms with van der Waals surface area (Å²) in [5, 5.41) is 25.8. The second-order valence-corrected chi connectivity index (χ2v) is 6.92. The van der Waals surface area contributed by atoms with Gasteiger partial charge in [-0.15, -0.1) is 0 Å². The van der Waals surface area contributed by atoms with Gasteiger partial charge in [0.2, 0.25) is 0 Å². The van der Waals surface area contributed by atoms with Crippen LogP contribution >= 0.6 is 23.2 Å². The Morgan fingerprint density at radius 2 is 1.88 bits per heavy atom. The summed E-state index contributed by atoms with van der Waals surface area (Å²) >= 11 is 11.8. The van der Waals surface area contributed by atoms with E-state index in [1.165, 1.54) is 36.5 Å². The number of hydrazone groups is 1. The molecule has 32 heavy (non-hydrogen) atoms. The molecule has 0 aliphatic rings. The Morgan fingerprint density at radius 1 is 1.09 bits per heavy atom. The minimum absolute atomic E-state index is 0.116. The molecule has 0 atom stereocenters. The first-order valence-electron chi connectivity index (χ1n) is 8.67. The summed E-state index contributed by atoms with van der Waals surface area (Å²) in [4.78, 5) is 32.4. The molecule has 1 heterocycles. The van der Waals surface area contributed by atoms with Crippen LogP contribution in [0.15, 0.2) is 58.0 Å². The van der Waals surface area contributed by atoms with Gasteiger partial charge in [-0.2, -0.15) is 5.10 Å². The van der Waals surface area contributed by atoms with Crippen molar-refractivity contribution in [3.05, 3.63) is 84.6 Å². The number of carbonyl (C=O) groups excluding carboxylic acids is 1. The molecule has 2 aromatic carbocycles. The standard InChI is InChI=1S/C19H12Cl2N4O7/c20-11-1-5-18(16(7-11)25(29)30)31-10-19(26)23-22-9-13-3-6-17(32-13)14-4-2-12(24(27)28)8-15(14)21/h1-9H,10H2,(H,23,26)/b22-9+. The molecule has 1 N–H and O–H groups in total. The van der Waals surface area contributed by atoms with Gasteiger partial charge in [0.1, 0.15) is 11.5 Å². The maximum atomic E-state index is 11.9. The molecule has 3 aromatic rings. The minimum Gasteiger partial charge on any atom is -0.477 e. The fraction of sp³-hybridized carbons (Fsp3) is 0.0526. The van der Waals surface area contributed by atoms with E-state index in [0.717, 1.165) is 6.07 Å². The molecule has 3 rings (SSSR count). The van der Waals surface area contributed by atoms with Crippen LogP contribution < -0.4 is 10.2 Å². The van der Waals surface area contributed by atoms with Gasteiger partial charge in [0.15, 0.2) is 12.4 Å². The van der Waals surface area contributed by atoms with E-state index in [9.17, 15) is 25.0 Å². The van der Waals surface area contributed by atoms with Crippen LogP contribution in [-0.4, -0.2) is 28.6 Å². The predicted molar refractivity (Wildman–Crippen MR) is 115 cm³/mol. The third-order valence-electron chi connectivity index (χ3n) is 3.91. The highest BCUT2D eigenvalue weighted by Crippen LogP contribution is 2.32. The van der Waals surface area contributed by atoms with Crippen LogP contribution in [0.25, 0.3) is 11.3 Å². The normalized spacial score (nSPS) is 10.8. The number of non-ortho nitro benzene ring substituents is 1. The molecule has 0 aliphatic carbocycles. The molecule has 1 aromatic heterocycles. The molecule has 0 saturated heterocycles. The van der Waals surface area contributed by atoms with Gasteiger partial charge in [-0.25, -0.2) is 5.43 Å². The fourth-order valence-electron chi connectivity index (χ4n) is 2.48. The van der Waals surface area contributed by atoms with E-state index in [-0.39, 0.29) is 32.9 Å². The molecular formula is C19H12Cl2N4O7. The molecule has 1 amide bonds. The van der Waals surface area contributed by atoms with Gasteiger partial charge in [-0.05, 0) is 30.3 Å². The van der Waals surface area contributed by atoms with Crippen LogP contribution in [0.3, 0.4) is 0 Å². The second-order valence-electron chi connectivity index (χ2n) is 6.07. The second kappa shape index (κ2) is 9.90. The molecule has 11 nitrogen and oxygen atoms in total. The van der Waals surface area contributed by atoms with Crippen LogP contribution in [0.2, 0.25) is 10.0 Å². The van der Waals surface area contributed by atoms with Gasteiger partial charge >= 0.3 is 5.69 Å². The van der Waals surface area contributed by atoms with Gasteiger partial charge in [0.05, 0.1) is 21.1 Å². The van der Waals surface area contributed by atoms with E-state index in [1.807, 2.05) is 0 Å². The SMILES string of the molecule is O=C(COc1ccc(Cl)cc1[N+](=O)[O-])N/N=C/c1ccc(-c2ccc([N+](=O)[O-])cc2Cl)o1. The number of carbonyl (C=O) groups is 1. The van der Waals surface area contributed by atoms with Crippen molar-refractivity contribution >= 4 is 46.7 Å². The molecule has 0 saturated carbocycles. The Kier molecular flexibility index (Phi) is 7.03. The molecule has 0 unspecified atom stereocenters. The van der Waals surface area contributed by atoms with Crippen molar-refractivity contribution in [2.75, 3.05) is 6.61 Å². The van der Waals surface area contributed by atoms with E-state index in [2.05, 4.69) is 10.5 Å². The number of hydrogen-bond acceptors (Lipinski definition) is 8. The average molecular weight is 479 g/mol. The highest BCUT2D eigenvalue weighted by molar-refractivity contribution is 6.33. The molecule has 13 heteroatoms. The van der Waals surface area contributed by atoms with Crippen LogP contribution in [0.4, 0.5) is 11.4 Å². The largest absolute Gasteiger partial charge is 0.477 e. The zero-order valence-corrected chi connectivity index (χ0v) is 17.4. The highest BCUT2D eigenvalue weighted by atomic mass is 35.5. The number of benzene rings is 2. The van der Waals surface area contributed by atoms with Gasteiger partial charge in [-0.1, -0.05) is 23.2 Å². The smallest absolute Gasteiger partial charge is 0.312 e. The van der Waals surface area contributed by atoms with Crippen LogP contribution in [0.1, 0.15) is 5.76 Å². The molecular weight excluding hydrogens is 467 g/mol. The van der Waals surface area contributed by atoms with Gasteiger partial charge in [0.25, 0.3) is 11.6 Å². The van der Waals surface area contributed by atoms with Crippen molar-refractivity contribution in [2.45, 2.75) is 0 Å². The van der Waals surface area contributed by atoms with Crippen molar-refractivity contribution in [2.24, 2.45) is 5.10 Å². The lowest BCUT2D eigenvalue weighted by Gasteiger charge is -2.05. The Hall–Kier alpha value is -3.96. The Bertz CT molecular complexity index is 1230. The van der Waals surface area contributed by atoms with E-state index in [4.69, 9.17) is 32.4 Å². The lowest BCUT2D eigenvalue weighted by molar-refractivity contribution is -0.385. The number of furan rings is 1. The molecule has 0 radical (unpaired) electrons. The predicted octanol–water partition coefficient (Wildman–Crippen LogP) is 4.60. The van der Waals surface area contributed by atoms with Crippen molar-refractivity contribution in [3.63, 3.8) is 0 Å². The summed E-state index contributed by atoms with van der Waals surface area (Å²) in [7, 11) is 0. The molecule has 0 fully saturated rings. The first kappa shape index (κ1) is 22.7.